The second kappa shape index (κ2) is 6.90. The Morgan fingerprint density at radius 2 is 1.62 bits per heavy atom. The molecule has 0 aliphatic carbocycles. The number of halogens is 3. The number of nitrogens with zero attached hydrogens (tertiary/aromatic N) is 2. The molecule has 0 radical (unpaired) electrons. The molecule has 6 nitrogen and oxygen atoms in total. The largest absolute Gasteiger partial charge is 0.457 e. The normalized spacial score (nSPS) is 11.9. The predicted molar refractivity (Wildman–Crippen MR) is 85.1 cm³/mol. The van der Waals surface area contributed by atoms with Gasteiger partial charge in [0.25, 0.3) is 0 Å². The average molecular weight is 337 g/mol. The number of benzene rings is 2. The summed E-state index contributed by atoms with van der Waals surface area (Å²) in [6.45, 7) is 0. The Morgan fingerprint density at radius 1 is 0.958 bits per heavy atom. The van der Waals surface area contributed by atoms with Gasteiger partial charge in [-0.2, -0.15) is 18.2 Å². The van der Waals surface area contributed by atoms with Crippen molar-refractivity contribution >= 4 is 17.6 Å². The molecule has 0 aliphatic rings. The first-order chi connectivity index (χ1) is 11.3. The second-order valence-electron chi connectivity index (χ2n) is 4.60. The highest BCUT2D eigenvalue weighted by molar-refractivity contribution is 5.93. The third-order valence-electron chi connectivity index (χ3n) is 2.73. The lowest BCUT2D eigenvalue weighted by Crippen LogP contribution is -2.26. The molecule has 6 N–H and O–H groups in total. The van der Waals surface area contributed by atoms with Crippen LogP contribution in [0.1, 0.15) is 5.56 Å². The van der Waals surface area contributed by atoms with Crippen LogP contribution in [0.2, 0.25) is 0 Å². The van der Waals surface area contributed by atoms with Crippen LogP contribution in [0.3, 0.4) is 0 Å². The molecule has 0 aromatic heterocycles. The molecule has 0 unspecified atom stereocenters. The van der Waals surface area contributed by atoms with Gasteiger partial charge in [0.05, 0.1) is 5.69 Å². The Balaban J connectivity index is 2.41. The van der Waals surface area contributed by atoms with Crippen LogP contribution in [-0.4, -0.2) is 11.9 Å². The summed E-state index contributed by atoms with van der Waals surface area (Å²) in [6, 6.07) is 11.4. The molecule has 24 heavy (non-hydrogen) atoms. The van der Waals surface area contributed by atoms with Crippen molar-refractivity contribution < 1.29 is 17.9 Å². The molecule has 0 saturated carbocycles. The number of rotatable bonds is 3. The number of nitrogens with two attached hydrogens (primary N) is 3. The summed E-state index contributed by atoms with van der Waals surface area (Å²) in [7, 11) is 0. The van der Waals surface area contributed by atoms with E-state index in [-0.39, 0.29) is 29.1 Å². The maximum Gasteiger partial charge on any atom is 0.420 e. The Labute approximate surface area is 135 Å². The minimum absolute atomic E-state index is 0.0646. The van der Waals surface area contributed by atoms with Crippen LogP contribution in [-0.2, 0) is 6.18 Å². The van der Waals surface area contributed by atoms with Gasteiger partial charge >= 0.3 is 6.18 Å². The van der Waals surface area contributed by atoms with Crippen molar-refractivity contribution in [2.45, 2.75) is 6.18 Å². The van der Waals surface area contributed by atoms with Crippen molar-refractivity contribution in [3.05, 3.63) is 54.1 Å². The van der Waals surface area contributed by atoms with Gasteiger partial charge in [0.2, 0.25) is 5.96 Å². The maximum absolute atomic E-state index is 13.3. The first-order valence-corrected chi connectivity index (χ1v) is 6.63. The van der Waals surface area contributed by atoms with Crippen molar-refractivity contribution in [2.24, 2.45) is 27.2 Å². The van der Waals surface area contributed by atoms with Crippen LogP contribution in [0, 0.1) is 0 Å². The standard InChI is InChI=1S/C15H14F3N5O/c16-15(17,18)11-8-9(22-14(21)23-13(19)20)6-7-12(11)24-10-4-2-1-3-5-10/h1-8H,(H6,19,20,21,22,23). The number of hydrogen-bond acceptors (Lipinski definition) is 2. The zero-order valence-corrected chi connectivity index (χ0v) is 12.3. The monoisotopic (exact) mass is 337 g/mol. The second-order valence-corrected chi connectivity index (χ2v) is 4.60. The summed E-state index contributed by atoms with van der Waals surface area (Å²) in [5, 5.41) is 0. The Kier molecular flexibility index (Phi) is 4.93. The van der Waals surface area contributed by atoms with Gasteiger partial charge in [-0.05, 0) is 30.3 Å². The number of guanidine groups is 2. The predicted octanol–water partition coefficient (Wildman–Crippen LogP) is 2.72. The smallest absolute Gasteiger partial charge is 0.420 e. The zero-order chi connectivity index (χ0) is 17.7. The summed E-state index contributed by atoms with van der Waals surface area (Å²) >= 11 is 0. The Morgan fingerprint density at radius 3 is 2.21 bits per heavy atom. The molecule has 0 amide bonds. The van der Waals surface area contributed by atoms with Crippen LogP contribution < -0.4 is 21.9 Å². The molecule has 2 aromatic carbocycles. The van der Waals surface area contributed by atoms with Gasteiger partial charge < -0.3 is 21.9 Å². The molecule has 2 rings (SSSR count). The molecular weight excluding hydrogens is 323 g/mol. The fourth-order valence-electron chi connectivity index (χ4n) is 1.80. The number of ether oxygens (including phenoxy) is 1. The van der Waals surface area contributed by atoms with Gasteiger partial charge in [0.1, 0.15) is 17.1 Å². The molecule has 0 bridgehead atoms. The van der Waals surface area contributed by atoms with Gasteiger partial charge in [0, 0.05) is 0 Å². The SMILES string of the molecule is NC(N)=NC(N)=Nc1ccc(Oc2ccccc2)c(C(F)(F)F)c1. The van der Waals surface area contributed by atoms with Crippen LogP contribution >= 0.6 is 0 Å². The number of aliphatic imine (C=N–C) groups is 2. The zero-order valence-electron chi connectivity index (χ0n) is 12.3. The van der Waals surface area contributed by atoms with Gasteiger partial charge in [-0.3, -0.25) is 0 Å². The van der Waals surface area contributed by atoms with Crippen LogP contribution in [0.4, 0.5) is 18.9 Å². The van der Waals surface area contributed by atoms with E-state index in [1.54, 1.807) is 30.3 Å². The maximum atomic E-state index is 13.3. The Bertz CT molecular complexity index is 768. The summed E-state index contributed by atoms with van der Waals surface area (Å²) < 4.78 is 45.0. The highest BCUT2D eigenvalue weighted by atomic mass is 19.4. The summed E-state index contributed by atoms with van der Waals surface area (Å²) in [5.74, 6) is -0.788. The lowest BCUT2D eigenvalue weighted by Gasteiger charge is -2.14. The van der Waals surface area contributed by atoms with Gasteiger partial charge in [-0.25, -0.2) is 4.99 Å². The third-order valence-corrected chi connectivity index (χ3v) is 2.73. The lowest BCUT2D eigenvalue weighted by molar-refractivity contribution is -0.138. The highest BCUT2D eigenvalue weighted by Crippen LogP contribution is 2.40. The number of hydrogen-bond donors (Lipinski definition) is 3. The highest BCUT2D eigenvalue weighted by Gasteiger charge is 2.35. The lowest BCUT2D eigenvalue weighted by atomic mass is 10.1. The minimum Gasteiger partial charge on any atom is -0.457 e. The van der Waals surface area contributed by atoms with Gasteiger partial charge in [0.15, 0.2) is 5.96 Å². The van der Waals surface area contributed by atoms with Crippen molar-refractivity contribution in [3.63, 3.8) is 0 Å². The number of alkyl halides is 3. The van der Waals surface area contributed by atoms with E-state index in [2.05, 4.69) is 9.98 Å². The Hall–Kier alpha value is -3.23. The molecule has 0 atom stereocenters. The molecular formula is C15H14F3N5O. The fraction of sp³-hybridized carbons (Fsp3) is 0.0667. The van der Waals surface area contributed by atoms with Crippen molar-refractivity contribution in [2.75, 3.05) is 0 Å². The van der Waals surface area contributed by atoms with Crippen LogP contribution in [0.5, 0.6) is 11.5 Å². The molecule has 126 valence electrons. The molecule has 0 heterocycles. The first-order valence-electron chi connectivity index (χ1n) is 6.63. The average Bonchev–Trinajstić information content (AvgIpc) is 2.48. The molecule has 0 spiro atoms. The van der Waals surface area contributed by atoms with Crippen LogP contribution in [0.15, 0.2) is 58.5 Å². The van der Waals surface area contributed by atoms with E-state index in [4.69, 9.17) is 21.9 Å². The van der Waals surface area contributed by atoms with Crippen molar-refractivity contribution in [1.82, 2.24) is 0 Å². The van der Waals surface area contributed by atoms with Gasteiger partial charge in [-0.1, -0.05) is 18.2 Å². The quantitative estimate of drug-likeness (QED) is 0.590. The van der Waals surface area contributed by atoms with E-state index in [0.717, 1.165) is 12.1 Å². The van der Waals surface area contributed by atoms with E-state index in [1.165, 1.54) is 6.07 Å². The van der Waals surface area contributed by atoms with Crippen LogP contribution in [0.25, 0.3) is 0 Å². The van der Waals surface area contributed by atoms with E-state index in [1.807, 2.05) is 0 Å². The molecule has 9 heteroatoms. The topological polar surface area (TPSA) is 112 Å². The van der Waals surface area contributed by atoms with E-state index in [9.17, 15) is 13.2 Å². The van der Waals surface area contributed by atoms with Crippen molar-refractivity contribution in [1.29, 1.82) is 0 Å². The fourth-order valence-corrected chi connectivity index (χ4v) is 1.80. The van der Waals surface area contributed by atoms with E-state index < -0.39 is 11.7 Å². The summed E-state index contributed by atoms with van der Waals surface area (Å²) in [4.78, 5) is 7.16. The summed E-state index contributed by atoms with van der Waals surface area (Å²) in [6.07, 6.45) is -4.64. The first kappa shape index (κ1) is 17.1. The van der Waals surface area contributed by atoms with Crippen molar-refractivity contribution in [3.8, 4) is 11.5 Å². The minimum atomic E-state index is -4.64. The molecule has 2 aromatic rings. The molecule has 0 aliphatic heterocycles. The molecule has 0 saturated heterocycles. The summed E-state index contributed by atoms with van der Waals surface area (Å²) in [5.41, 5.74) is 14.6. The number of para-hydroxylation sites is 1. The van der Waals surface area contributed by atoms with E-state index in [0.29, 0.717) is 0 Å². The van der Waals surface area contributed by atoms with E-state index >= 15 is 0 Å². The van der Waals surface area contributed by atoms with Gasteiger partial charge in [-0.15, -0.1) is 0 Å². The third kappa shape index (κ3) is 4.63. The molecule has 0 fully saturated rings.